The molecule has 3 rings (SSSR count). The van der Waals surface area contributed by atoms with E-state index in [1.165, 1.54) is 4.70 Å². The fourth-order valence-corrected chi connectivity index (χ4v) is 3.23. The van der Waals surface area contributed by atoms with E-state index in [4.69, 9.17) is 0 Å². The van der Waals surface area contributed by atoms with E-state index in [9.17, 15) is 0 Å². The number of benzene rings is 1. The van der Waals surface area contributed by atoms with Gasteiger partial charge in [-0.1, -0.05) is 23.5 Å². The van der Waals surface area contributed by atoms with E-state index in [-0.39, 0.29) is 24.0 Å². The van der Waals surface area contributed by atoms with Crippen molar-refractivity contribution in [2.75, 3.05) is 32.0 Å². The summed E-state index contributed by atoms with van der Waals surface area (Å²) in [5.74, 6) is 0.813. The van der Waals surface area contributed by atoms with Crippen molar-refractivity contribution in [3.05, 3.63) is 48.8 Å². The minimum Gasteiger partial charge on any atom is -0.360 e. The number of nitrogens with one attached hydrogen (secondary N) is 3. The van der Waals surface area contributed by atoms with Gasteiger partial charge in [-0.15, -0.1) is 24.0 Å². The first-order valence-electron chi connectivity index (χ1n) is 8.00. The van der Waals surface area contributed by atoms with Gasteiger partial charge in [-0.2, -0.15) is 0 Å². The van der Waals surface area contributed by atoms with Gasteiger partial charge >= 0.3 is 0 Å². The van der Waals surface area contributed by atoms with Gasteiger partial charge in [0.2, 0.25) is 0 Å². The lowest BCUT2D eigenvalue weighted by atomic mass is 10.3. The number of anilines is 1. The Morgan fingerprint density at radius 3 is 2.60 bits per heavy atom. The van der Waals surface area contributed by atoms with Crippen LogP contribution in [0.1, 0.15) is 0 Å². The van der Waals surface area contributed by atoms with E-state index in [1.807, 2.05) is 30.3 Å². The molecule has 0 aliphatic heterocycles. The molecular weight excluding hydrogens is 447 g/mol. The van der Waals surface area contributed by atoms with Crippen LogP contribution in [0.15, 0.2) is 53.8 Å². The van der Waals surface area contributed by atoms with Gasteiger partial charge in [0.1, 0.15) is 0 Å². The average molecular weight is 470 g/mol. The lowest BCUT2D eigenvalue weighted by Gasteiger charge is -2.12. The fourth-order valence-electron chi connectivity index (χ4n) is 2.34. The number of guanidine groups is 1. The highest BCUT2D eigenvalue weighted by Gasteiger charge is 2.02. The Morgan fingerprint density at radius 2 is 1.84 bits per heavy atom. The molecule has 0 saturated carbocycles. The molecule has 3 aromatic rings. The van der Waals surface area contributed by atoms with Gasteiger partial charge in [0.15, 0.2) is 11.1 Å². The maximum absolute atomic E-state index is 4.56. The number of aliphatic imine (C=N–C) groups is 1. The Balaban J connectivity index is 0.00000225. The summed E-state index contributed by atoms with van der Waals surface area (Å²) in [6.07, 6.45) is 4.11. The van der Waals surface area contributed by atoms with Crippen molar-refractivity contribution in [1.82, 2.24) is 20.2 Å². The van der Waals surface area contributed by atoms with E-state index < -0.39 is 0 Å². The fraction of sp³-hybridized carbons (Fsp3) is 0.294. The number of hydrogen-bond acceptors (Lipinski definition) is 4. The number of hydrogen-bond donors (Lipinski definition) is 3. The minimum absolute atomic E-state index is 0. The molecule has 0 spiro atoms. The number of rotatable bonds is 7. The summed E-state index contributed by atoms with van der Waals surface area (Å²) in [5, 5.41) is 10.9. The van der Waals surface area contributed by atoms with Crippen LogP contribution in [0.25, 0.3) is 10.2 Å². The molecule has 0 unspecified atom stereocenters. The average Bonchev–Trinajstić information content (AvgIpc) is 3.25. The van der Waals surface area contributed by atoms with Crippen molar-refractivity contribution in [3.8, 4) is 0 Å². The standard InChI is InChI=1S/C17H22N6S.HI/c1-18-16(20-10-13-23-11-4-5-12-23)19-8-9-21-17-22-14-6-2-3-7-15(14)24-17;/h2-7,11-12H,8-10,13H2,1H3,(H,21,22)(H2,18,19,20);1H. The summed E-state index contributed by atoms with van der Waals surface area (Å²) in [6, 6.07) is 12.2. The molecule has 3 N–H and O–H groups in total. The highest BCUT2D eigenvalue weighted by Crippen LogP contribution is 2.24. The molecule has 0 aliphatic carbocycles. The molecule has 0 radical (unpaired) electrons. The third-order valence-electron chi connectivity index (χ3n) is 3.54. The van der Waals surface area contributed by atoms with Crippen LogP contribution in [0.2, 0.25) is 0 Å². The molecule has 25 heavy (non-hydrogen) atoms. The highest BCUT2D eigenvalue weighted by atomic mass is 127. The zero-order chi connectivity index (χ0) is 16.6. The third-order valence-corrected chi connectivity index (χ3v) is 4.53. The predicted molar refractivity (Wildman–Crippen MR) is 117 cm³/mol. The van der Waals surface area contributed by atoms with Crippen LogP contribution in [0.5, 0.6) is 0 Å². The second-order valence-electron chi connectivity index (χ2n) is 5.26. The summed E-state index contributed by atoms with van der Waals surface area (Å²) < 4.78 is 3.34. The van der Waals surface area contributed by atoms with Crippen molar-refractivity contribution < 1.29 is 0 Å². The van der Waals surface area contributed by atoms with Gasteiger partial charge in [0.05, 0.1) is 10.2 Å². The van der Waals surface area contributed by atoms with Gasteiger partial charge < -0.3 is 20.5 Å². The zero-order valence-corrected chi connectivity index (χ0v) is 17.3. The largest absolute Gasteiger partial charge is 0.360 e. The molecule has 8 heteroatoms. The molecule has 0 atom stereocenters. The number of thiazole rings is 1. The lowest BCUT2D eigenvalue weighted by Crippen LogP contribution is -2.40. The van der Waals surface area contributed by atoms with Crippen LogP contribution in [-0.4, -0.2) is 42.2 Å². The van der Waals surface area contributed by atoms with Crippen molar-refractivity contribution in [2.45, 2.75) is 6.54 Å². The molecule has 0 amide bonds. The molecule has 0 saturated heterocycles. The predicted octanol–water partition coefficient (Wildman–Crippen LogP) is 2.99. The first-order chi connectivity index (χ1) is 11.8. The number of para-hydroxylation sites is 1. The molecule has 1 aromatic carbocycles. The van der Waals surface area contributed by atoms with Crippen molar-refractivity contribution in [3.63, 3.8) is 0 Å². The second kappa shape index (κ2) is 10.2. The summed E-state index contributed by atoms with van der Waals surface area (Å²) in [5.41, 5.74) is 1.04. The van der Waals surface area contributed by atoms with Crippen LogP contribution in [0.3, 0.4) is 0 Å². The second-order valence-corrected chi connectivity index (χ2v) is 6.29. The molecule has 134 valence electrons. The van der Waals surface area contributed by atoms with E-state index in [0.717, 1.165) is 42.8 Å². The van der Waals surface area contributed by atoms with Crippen LogP contribution < -0.4 is 16.0 Å². The van der Waals surface area contributed by atoms with Crippen LogP contribution >= 0.6 is 35.3 Å². The highest BCUT2D eigenvalue weighted by molar-refractivity contribution is 14.0. The van der Waals surface area contributed by atoms with Gasteiger partial charge in [-0.05, 0) is 24.3 Å². The Morgan fingerprint density at radius 1 is 1.08 bits per heavy atom. The zero-order valence-electron chi connectivity index (χ0n) is 14.1. The van der Waals surface area contributed by atoms with Crippen LogP contribution in [0, 0.1) is 0 Å². The topological polar surface area (TPSA) is 66.3 Å². The Kier molecular flexibility index (Phi) is 7.99. The maximum Gasteiger partial charge on any atom is 0.191 e. The molecule has 2 aromatic heterocycles. The van der Waals surface area contributed by atoms with E-state index in [0.29, 0.717) is 0 Å². The van der Waals surface area contributed by atoms with Gasteiger partial charge in [0, 0.05) is 45.6 Å². The normalized spacial score (nSPS) is 11.2. The van der Waals surface area contributed by atoms with Crippen LogP contribution in [0.4, 0.5) is 5.13 Å². The molecule has 0 bridgehead atoms. The summed E-state index contributed by atoms with van der Waals surface area (Å²) in [6.45, 7) is 3.31. The summed E-state index contributed by atoms with van der Waals surface area (Å²) in [4.78, 5) is 8.79. The third kappa shape index (κ3) is 5.89. The van der Waals surface area contributed by atoms with Crippen molar-refractivity contribution in [2.24, 2.45) is 4.99 Å². The molecule has 0 aliphatic rings. The quantitative estimate of drug-likeness (QED) is 0.215. The molecule has 0 fully saturated rings. The first-order valence-corrected chi connectivity index (χ1v) is 8.81. The van der Waals surface area contributed by atoms with Crippen LogP contribution in [-0.2, 0) is 6.54 Å². The van der Waals surface area contributed by atoms with Crippen molar-refractivity contribution in [1.29, 1.82) is 0 Å². The molecular formula is C17H23IN6S. The smallest absolute Gasteiger partial charge is 0.191 e. The van der Waals surface area contributed by atoms with E-state index in [1.54, 1.807) is 18.4 Å². The van der Waals surface area contributed by atoms with E-state index >= 15 is 0 Å². The molecule has 6 nitrogen and oxygen atoms in total. The number of nitrogens with zero attached hydrogens (tertiary/aromatic N) is 3. The summed E-state index contributed by atoms with van der Waals surface area (Å²) >= 11 is 1.68. The van der Waals surface area contributed by atoms with Gasteiger partial charge in [-0.25, -0.2) is 4.98 Å². The SMILES string of the molecule is CN=C(NCCNc1nc2ccccc2s1)NCCn1cccc1.I. The Hall–Kier alpha value is -1.81. The number of halogens is 1. The summed E-state index contributed by atoms with van der Waals surface area (Å²) in [7, 11) is 1.78. The Bertz CT molecular complexity index is 750. The minimum atomic E-state index is 0. The number of fused-ring (bicyclic) bond motifs is 1. The van der Waals surface area contributed by atoms with Crippen molar-refractivity contribution >= 4 is 56.6 Å². The monoisotopic (exact) mass is 470 g/mol. The Labute approximate surface area is 168 Å². The maximum atomic E-state index is 4.56. The van der Waals surface area contributed by atoms with E-state index in [2.05, 4.69) is 49.0 Å². The van der Waals surface area contributed by atoms with Gasteiger partial charge in [0.25, 0.3) is 0 Å². The van der Waals surface area contributed by atoms with Gasteiger partial charge in [-0.3, -0.25) is 4.99 Å². The lowest BCUT2D eigenvalue weighted by molar-refractivity contribution is 0.666. The first kappa shape index (κ1) is 19.5. The number of aromatic nitrogens is 2. The molecule has 2 heterocycles.